The summed E-state index contributed by atoms with van der Waals surface area (Å²) < 4.78 is 5.69. The SMILES string of the molecule is CC(C)(C)OC(O)Nc1cc2ccc(C#N)cc2n(O)c1=O. The summed E-state index contributed by atoms with van der Waals surface area (Å²) in [5.41, 5.74) is -0.841. The van der Waals surface area contributed by atoms with Gasteiger partial charge in [0.2, 0.25) is 6.41 Å². The molecule has 0 saturated heterocycles. The van der Waals surface area contributed by atoms with Crippen LogP contribution >= 0.6 is 0 Å². The maximum atomic E-state index is 12.1. The summed E-state index contributed by atoms with van der Waals surface area (Å²) in [6.45, 7) is 5.27. The number of ether oxygens (including phenoxy) is 1. The zero-order valence-electron chi connectivity index (χ0n) is 12.5. The Labute approximate surface area is 126 Å². The molecule has 1 aromatic carbocycles. The molecule has 7 nitrogen and oxygen atoms in total. The first kappa shape index (κ1) is 15.8. The molecule has 1 unspecified atom stereocenters. The number of rotatable bonds is 3. The molecule has 7 heteroatoms. The molecule has 1 aromatic heterocycles. The first-order valence-corrected chi connectivity index (χ1v) is 6.63. The van der Waals surface area contributed by atoms with Crippen molar-refractivity contribution < 1.29 is 15.1 Å². The molecule has 0 saturated carbocycles. The Bertz CT molecular complexity index is 799. The van der Waals surface area contributed by atoms with E-state index < -0.39 is 17.6 Å². The zero-order valence-corrected chi connectivity index (χ0v) is 12.5. The average molecular weight is 303 g/mol. The van der Waals surface area contributed by atoms with Crippen LogP contribution in [0.3, 0.4) is 0 Å². The van der Waals surface area contributed by atoms with Gasteiger partial charge in [-0.15, -0.1) is 4.73 Å². The largest absolute Gasteiger partial charge is 0.425 e. The van der Waals surface area contributed by atoms with Crippen LogP contribution in [0, 0.1) is 11.3 Å². The zero-order chi connectivity index (χ0) is 16.5. The van der Waals surface area contributed by atoms with E-state index in [9.17, 15) is 15.1 Å². The normalized spacial score (nSPS) is 12.9. The molecule has 2 rings (SSSR count). The molecule has 0 spiro atoms. The van der Waals surface area contributed by atoms with Crippen molar-refractivity contribution in [3.05, 3.63) is 40.2 Å². The first-order chi connectivity index (χ1) is 10.2. The fraction of sp³-hybridized carbons (Fsp3) is 0.333. The number of aliphatic hydroxyl groups is 1. The van der Waals surface area contributed by atoms with Gasteiger partial charge in [-0.25, -0.2) is 0 Å². The van der Waals surface area contributed by atoms with Crippen LogP contribution in [-0.4, -0.2) is 27.1 Å². The Balaban J connectivity index is 2.42. The molecule has 1 heterocycles. The molecule has 2 aromatic rings. The maximum absolute atomic E-state index is 12.1. The van der Waals surface area contributed by atoms with E-state index in [2.05, 4.69) is 5.32 Å². The number of aliphatic hydroxyl groups excluding tert-OH is 1. The topological polar surface area (TPSA) is 108 Å². The van der Waals surface area contributed by atoms with Crippen LogP contribution in [0.25, 0.3) is 10.9 Å². The van der Waals surface area contributed by atoms with Crippen molar-refractivity contribution in [2.45, 2.75) is 32.8 Å². The second-order valence-electron chi connectivity index (χ2n) is 5.79. The van der Waals surface area contributed by atoms with Gasteiger partial charge in [-0.3, -0.25) is 4.79 Å². The number of aromatic nitrogens is 1. The summed E-state index contributed by atoms with van der Waals surface area (Å²) in [6.07, 6.45) is -1.40. The highest BCUT2D eigenvalue weighted by Crippen LogP contribution is 2.18. The molecular weight excluding hydrogens is 286 g/mol. The van der Waals surface area contributed by atoms with Crippen molar-refractivity contribution in [2.24, 2.45) is 0 Å². The van der Waals surface area contributed by atoms with Crippen LogP contribution in [0.4, 0.5) is 5.69 Å². The van der Waals surface area contributed by atoms with E-state index in [4.69, 9.17) is 10.00 Å². The predicted molar refractivity (Wildman–Crippen MR) is 80.6 cm³/mol. The molecule has 0 radical (unpaired) electrons. The summed E-state index contributed by atoms with van der Waals surface area (Å²) >= 11 is 0. The van der Waals surface area contributed by atoms with E-state index in [0.29, 0.717) is 15.7 Å². The molecule has 0 bridgehead atoms. The van der Waals surface area contributed by atoms with Gasteiger partial charge in [0.05, 0.1) is 22.8 Å². The van der Waals surface area contributed by atoms with Crippen LogP contribution in [0.1, 0.15) is 26.3 Å². The fourth-order valence-electron chi connectivity index (χ4n) is 1.96. The monoisotopic (exact) mass is 303 g/mol. The van der Waals surface area contributed by atoms with Crippen LogP contribution in [0.5, 0.6) is 0 Å². The van der Waals surface area contributed by atoms with Gasteiger partial charge < -0.3 is 20.4 Å². The van der Waals surface area contributed by atoms with Crippen molar-refractivity contribution in [1.82, 2.24) is 4.73 Å². The highest BCUT2D eigenvalue weighted by atomic mass is 16.6. The molecule has 3 N–H and O–H groups in total. The minimum absolute atomic E-state index is 0.0172. The number of hydrogen-bond donors (Lipinski definition) is 3. The molecule has 0 amide bonds. The molecule has 0 fully saturated rings. The average Bonchev–Trinajstić information content (AvgIpc) is 2.42. The van der Waals surface area contributed by atoms with E-state index in [1.54, 1.807) is 32.9 Å². The van der Waals surface area contributed by atoms with Gasteiger partial charge in [0.25, 0.3) is 0 Å². The van der Waals surface area contributed by atoms with Gasteiger partial charge in [0, 0.05) is 5.39 Å². The third-order valence-corrected chi connectivity index (χ3v) is 2.85. The maximum Gasteiger partial charge on any atom is 0.306 e. The number of benzene rings is 1. The van der Waals surface area contributed by atoms with Gasteiger partial charge in [0.15, 0.2) is 0 Å². The van der Waals surface area contributed by atoms with Gasteiger partial charge in [0.1, 0.15) is 5.69 Å². The quantitative estimate of drug-likeness (QED) is 0.587. The van der Waals surface area contributed by atoms with Gasteiger partial charge in [-0.1, -0.05) is 6.07 Å². The second kappa shape index (κ2) is 5.67. The number of hydrogen-bond acceptors (Lipinski definition) is 6. The molecule has 116 valence electrons. The lowest BCUT2D eigenvalue weighted by Gasteiger charge is -2.24. The molecular formula is C15H17N3O4. The Hall–Kier alpha value is -2.56. The van der Waals surface area contributed by atoms with E-state index in [-0.39, 0.29) is 11.2 Å². The molecule has 22 heavy (non-hydrogen) atoms. The Morgan fingerprint density at radius 2 is 2.05 bits per heavy atom. The Morgan fingerprint density at radius 1 is 1.36 bits per heavy atom. The minimum atomic E-state index is -1.40. The van der Waals surface area contributed by atoms with Gasteiger partial charge >= 0.3 is 5.56 Å². The van der Waals surface area contributed by atoms with Crippen molar-refractivity contribution in [3.63, 3.8) is 0 Å². The van der Waals surface area contributed by atoms with E-state index >= 15 is 0 Å². The van der Waals surface area contributed by atoms with Crippen LogP contribution < -0.4 is 10.9 Å². The predicted octanol–water partition coefficient (Wildman–Crippen LogP) is 1.61. The van der Waals surface area contributed by atoms with Crippen LogP contribution in [0.2, 0.25) is 0 Å². The van der Waals surface area contributed by atoms with Crippen molar-refractivity contribution in [2.75, 3.05) is 5.32 Å². The first-order valence-electron chi connectivity index (χ1n) is 6.63. The number of nitrogens with one attached hydrogen (secondary N) is 1. The number of pyridine rings is 1. The lowest BCUT2D eigenvalue weighted by atomic mass is 10.1. The lowest BCUT2D eigenvalue weighted by Crippen LogP contribution is -2.35. The summed E-state index contributed by atoms with van der Waals surface area (Å²) in [7, 11) is 0. The van der Waals surface area contributed by atoms with Crippen molar-refractivity contribution >= 4 is 16.6 Å². The highest BCUT2D eigenvalue weighted by molar-refractivity contribution is 5.83. The van der Waals surface area contributed by atoms with Crippen LogP contribution in [-0.2, 0) is 4.74 Å². The Morgan fingerprint density at radius 3 is 2.64 bits per heavy atom. The Kier molecular flexibility index (Phi) is 4.08. The third kappa shape index (κ3) is 3.36. The van der Waals surface area contributed by atoms with Gasteiger partial charge in [-0.2, -0.15) is 5.26 Å². The molecule has 0 aliphatic heterocycles. The minimum Gasteiger partial charge on any atom is -0.425 e. The van der Waals surface area contributed by atoms with Crippen molar-refractivity contribution in [1.29, 1.82) is 5.26 Å². The summed E-state index contributed by atoms with van der Waals surface area (Å²) in [6, 6.07) is 7.98. The van der Waals surface area contributed by atoms with Crippen LogP contribution in [0.15, 0.2) is 29.1 Å². The number of nitriles is 1. The molecule has 0 aliphatic rings. The smallest absolute Gasteiger partial charge is 0.306 e. The highest BCUT2D eigenvalue weighted by Gasteiger charge is 2.18. The summed E-state index contributed by atoms with van der Waals surface area (Å²) in [5, 5.41) is 31.6. The van der Waals surface area contributed by atoms with E-state index in [1.807, 2.05) is 6.07 Å². The number of nitrogens with zero attached hydrogens (tertiary/aromatic N) is 2. The fourth-order valence-corrected chi connectivity index (χ4v) is 1.96. The summed E-state index contributed by atoms with van der Waals surface area (Å²) in [4.78, 5) is 12.1. The van der Waals surface area contributed by atoms with Gasteiger partial charge in [-0.05, 0) is 39.0 Å². The lowest BCUT2D eigenvalue weighted by molar-refractivity contribution is -0.148. The number of anilines is 1. The van der Waals surface area contributed by atoms with Crippen molar-refractivity contribution in [3.8, 4) is 6.07 Å². The third-order valence-electron chi connectivity index (χ3n) is 2.85. The second-order valence-corrected chi connectivity index (χ2v) is 5.79. The van der Waals surface area contributed by atoms with E-state index in [1.165, 1.54) is 12.1 Å². The molecule has 1 atom stereocenters. The molecule has 0 aliphatic carbocycles. The van der Waals surface area contributed by atoms with E-state index in [0.717, 1.165) is 0 Å². The summed E-state index contributed by atoms with van der Waals surface area (Å²) in [5.74, 6) is 0. The number of fused-ring (bicyclic) bond motifs is 1. The standard InChI is InChI=1S/C15H17N3O4/c1-15(2,3)22-14(20)17-11-7-10-5-4-9(8-16)6-12(10)18(21)13(11)19/h4-7,14,17,20-21H,1-3H3.